The Labute approximate surface area is 125 Å². The molecule has 2 aliphatic rings. The molecule has 0 saturated heterocycles. The van der Waals surface area contributed by atoms with Gasteiger partial charge in [0.2, 0.25) is 5.91 Å². The minimum absolute atomic E-state index is 0.0935. The van der Waals surface area contributed by atoms with Crippen LogP contribution in [-0.2, 0) is 4.79 Å². The van der Waals surface area contributed by atoms with Crippen molar-refractivity contribution in [1.29, 1.82) is 0 Å². The molecular weight excluding hydrogens is 274 g/mol. The molecule has 108 valence electrons. The summed E-state index contributed by atoms with van der Waals surface area (Å²) in [6, 6.07) is 0. The largest absolute Gasteiger partial charge is 0.321 e. The van der Waals surface area contributed by atoms with E-state index >= 15 is 0 Å². The van der Waals surface area contributed by atoms with Gasteiger partial charge in [-0.25, -0.2) is 0 Å². The molecule has 0 spiro atoms. The van der Waals surface area contributed by atoms with E-state index in [-0.39, 0.29) is 5.91 Å². The van der Waals surface area contributed by atoms with Crippen LogP contribution >= 0.6 is 23.5 Å². The molecule has 0 aliphatic heterocycles. The van der Waals surface area contributed by atoms with Crippen molar-refractivity contribution in [2.75, 3.05) is 11.8 Å². The van der Waals surface area contributed by atoms with Crippen molar-refractivity contribution in [1.82, 2.24) is 4.90 Å². The van der Waals surface area contributed by atoms with Crippen molar-refractivity contribution >= 4 is 29.4 Å². The number of carbonyl (C=O) groups excluding carboxylic acids is 1. The number of amides is 1. The van der Waals surface area contributed by atoms with Crippen LogP contribution in [0.2, 0.25) is 0 Å². The molecule has 2 saturated carbocycles. The maximum Gasteiger partial charge on any atom is 0.247 e. The molecule has 2 nitrogen and oxygen atoms in total. The first-order valence-corrected chi connectivity index (χ1v) is 9.54. The van der Waals surface area contributed by atoms with E-state index in [1.165, 1.54) is 57.4 Å². The van der Waals surface area contributed by atoms with Crippen LogP contribution in [0.15, 0.2) is 12.7 Å². The smallest absolute Gasteiger partial charge is 0.247 e. The van der Waals surface area contributed by atoms with Gasteiger partial charge in [-0.1, -0.05) is 32.3 Å². The molecule has 19 heavy (non-hydrogen) atoms. The molecule has 0 aromatic heterocycles. The van der Waals surface area contributed by atoms with Gasteiger partial charge in [0, 0.05) is 10.5 Å². The first kappa shape index (κ1) is 15.3. The minimum atomic E-state index is 0.0935. The van der Waals surface area contributed by atoms with Gasteiger partial charge in [-0.3, -0.25) is 4.79 Å². The quantitative estimate of drug-likeness (QED) is 0.517. The third-order valence-electron chi connectivity index (χ3n) is 4.02. The van der Waals surface area contributed by atoms with E-state index in [0.717, 1.165) is 22.3 Å². The van der Waals surface area contributed by atoms with Crippen LogP contribution < -0.4 is 0 Å². The predicted molar refractivity (Wildman–Crippen MR) is 86.5 cm³/mol. The number of hydrogen-bond donors (Lipinski definition) is 0. The van der Waals surface area contributed by atoms with E-state index in [9.17, 15) is 4.79 Å². The first-order chi connectivity index (χ1) is 9.29. The van der Waals surface area contributed by atoms with E-state index in [1.807, 2.05) is 28.4 Å². The molecule has 2 aliphatic carbocycles. The second kappa shape index (κ2) is 8.25. The fourth-order valence-corrected chi connectivity index (χ4v) is 5.46. The molecule has 0 unspecified atom stereocenters. The topological polar surface area (TPSA) is 20.3 Å². The van der Waals surface area contributed by atoms with E-state index in [2.05, 4.69) is 6.58 Å². The van der Waals surface area contributed by atoms with Crippen molar-refractivity contribution in [3.63, 3.8) is 0 Å². The van der Waals surface area contributed by atoms with Crippen LogP contribution in [0.1, 0.15) is 51.4 Å². The van der Waals surface area contributed by atoms with Gasteiger partial charge in [-0.15, -0.1) is 23.5 Å². The average Bonchev–Trinajstić information content (AvgIpc) is 3.11. The monoisotopic (exact) mass is 299 g/mol. The van der Waals surface area contributed by atoms with Gasteiger partial charge in [-0.05, 0) is 31.8 Å². The maximum absolute atomic E-state index is 11.9. The summed E-state index contributed by atoms with van der Waals surface area (Å²) < 4.78 is 0. The standard InChI is InChI=1S/C15H25NOS2/c1-2-15(17)16(11-18-13-7-3-4-8-13)12-19-14-9-5-6-10-14/h2,13-14H,1,3-12H2. The molecule has 0 atom stereocenters. The first-order valence-electron chi connectivity index (χ1n) is 7.44. The van der Waals surface area contributed by atoms with Crippen LogP contribution in [-0.4, -0.2) is 33.1 Å². The molecule has 1 amide bonds. The lowest BCUT2D eigenvalue weighted by molar-refractivity contribution is -0.124. The third kappa shape index (κ3) is 5.07. The van der Waals surface area contributed by atoms with Crippen LogP contribution in [0, 0.1) is 0 Å². The minimum Gasteiger partial charge on any atom is -0.321 e. The predicted octanol–water partition coefficient (Wildman–Crippen LogP) is 4.27. The van der Waals surface area contributed by atoms with Gasteiger partial charge in [0.15, 0.2) is 0 Å². The lowest BCUT2D eigenvalue weighted by Gasteiger charge is -2.23. The Kier molecular flexibility index (Phi) is 6.65. The number of rotatable bonds is 7. The maximum atomic E-state index is 11.9. The Balaban J connectivity index is 1.73. The zero-order chi connectivity index (χ0) is 13.5. The Morgan fingerprint density at radius 3 is 1.79 bits per heavy atom. The van der Waals surface area contributed by atoms with Crippen LogP contribution in [0.3, 0.4) is 0 Å². The summed E-state index contributed by atoms with van der Waals surface area (Å²) in [6.45, 7) is 3.63. The molecule has 2 fully saturated rings. The van der Waals surface area contributed by atoms with E-state index in [0.29, 0.717) is 0 Å². The normalized spacial score (nSPS) is 20.8. The van der Waals surface area contributed by atoms with Gasteiger partial charge in [0.1, 0.15) is 0 Å². The van der Waals surface area contributed by atoms with E-state index < -0.39 is 0 Å². The van der Waals surface area contributed by atoms with Crippen LogP contribution in [0.25, 0.3) is 0 Å². The number of thioether (sulfide) groups is 2. The molecule has 0 heterocycles. The number of carbonyl (C=O) groups is 1. The second-order valence-electron chi connectivity index (χ2n) is 5.49. The molecule has 2 rings (SSSR count). The highest BCUT2D eigenvalue weighted by molar-refractivity contribution is 8.00. The van der Waals surface area contributed by atoms with Crippen LogP contribution in [0.4, 0.5) is 0 Å². The summed E-state index contributed by atoms with van der Waals surface area (Å²) >= 11 is 3.92. The summed E-state index contributed by atoms with van der Waals surface area (Å²) in [7, 11) is 0. The molecule has 0 aromatic carbocycles. The number of nitrogens with zero attached hydrogens (tertiary/aromatic N) is 1. The highest BCUT2D eigenvalue weighted by Crippen LogP contribution is 2.32. The van der Waals surface area contributed by atoms with Crippen molar-refractivity contribution < 1.29 is 4.79 Å². The highest BCUT2D eigenvalue weighted by atomic mass is 32.2. The van der Waals surface area contributed by atoms with E-state index in [4.69, 9.17) is 0 Å². The van der Waals surface area contributed by atoms with Crippen molar-refractivity contribution in [3.8, 4) is 0 Å². The van der Waals surface area contributed by atoms with Gasteiger partial charge < -0.3 is 4.90 Å². The van der Waals surface area contributed by atoms with Gasteiger partial charge in [0.05, 0.1) is 11.8 Å². The Morgan fingerprint density at radius 2 is 1.42 bits per heavy atom. The SMILES string of the molecule is C=CC(=O)N(CSC1CCCC1)CSC1CCCC1. The molecule has 0 bridgehead atoms. The summed E-state index contributed by atoms with van der Waals surface area (Å²) in [6.07, 6.45) is 12.2. The summed E-state index contributed by atoms with van der Waals surface area (Å²) in [5, 5.41) is 1.55. The lowest BCUT2D eigenvalue weighted by Crippen LogP contribution is -2.30. The second-order valence-corrected chi connectivity index (χ2v) is 8.00. The van der Waals surface area contributed by atoms with E-state index in [1.54, 1.807) is 0 Å². The van der Waals surface area contributed by atoms with Crippen molar-refractivity contribution in [2.24, 2.45) is 0 Å². The number of hydrogen-bond acceptors (Lipinski definition) is 3. The molecule has 0 radical (unpaired) electrons. The van der Waals surface area contributed by atoms with Crippen molar-refractivity contribution in [2.45, 2.75) is 61.9 Å². The fraction of sp³-hybridized carbons (Fsp3) is 0.800. The molecular formula is C15H25NOS2. The zero-order valence-corrected chi connectivity index (χ0v) is 13.3. The zero-order valence-electron chi connectivity index (χ0n) is 11.7. The van der Waals surface area contributed by atoms with Gasteiger partial charge in [-0.2, -0.15) is 0 Å². The molecule has 0 N–H and O–H groups in total. The summed E-state index contributed by atoms with van der Waals surface area (Å²) in [5.74, 6) is 1.78. The fourth-order valence-electron chi connectivity index (χ4n) is 2.79. The van der Waals surface area contributed by atoms with Gasteiger partial charge in [0.25, 0.3) is 0 Å². The summed E-state index contributed by atoms with van der Waals surface area (Å²) in [5.41, 5.74) is 0. The Bertz CT molecular complexity index is 277. The van der Waals surface area contributed by atoms with Crippen molar-refractivity contribution in [3.05, 3.63) is 12.7 Å². The summed E-state index contributed by atoms with van der Waals surface area (Å²) in [4.78, 5) is 13.9. The molecule has 0 aromatic rings. The lowest BCUT2D eigenvalue weighted by atomic mass is 10.4. The van der Waals surface area contributed by atoms with Gasteiger partial charge >= 0.3 is 0 Å². The highest BCUT2D eigenvalue weighted by Gasteiger charge is 2.21. The Morgan fingerprint density at radius 1 is 1.00 bits per heavy atom. The van der Waals surface area contributed by atoms with Crippen LogP contribution in [0.5, 0.6) is 0 Å². The molecule has 4 heteroatoms. The Hall–Kier alpha value is -0.0900. The average molecular weight is 300 g/mol. The third-order valence-corrected chi connectivity index (χ3v) is 6.83.